The third-order valence-corrected chi connectivity index (χ3v) is 7.18. The van der Waals surface area contributed by atoms with Crippen molar-refractivity contribution >= 4 is 21.6 Å². The minimum Gasteiger partial charge on any atom is -0.456 e. The van der Waals surface area contributed by atoms with Crippen molar-refractivity contribution < 1.29 is 17.9 Å². The Morgan fingerprint density at radius 1 is 0.906 bits per heavy atom. The van der Waals surface area contributed by atoms with Gasteiger partial charge in [0.05, 0.1) is 11.1 Å². The first-order valence-corrected chi connectivity index (χ1v) is 12.1. The van der Waals surface area contributed by atoms with Crippen molar-refractivity contribution in [1.82, 2.24) is 9.29 Å². The zero-order valence-electron chi connectivity index (χ0n) is 17.6. The zero-order chi connectivity index (χ0) is 22.4. The number of ether oxygens (including phenoxy) is 1. The molecule has 0 saturated carbocycles. The lowest BCUT2D eigenvalue weighted by Crippen LogP contribution is -2.32. The van der Waals surface area contributed by atoms with Gasteiger partial charge in [-0.15, -0.1) is 0 Å². The molecule has 1 aliphatic rings. The molecule has 3 aromatic rings. The molecule has 166 valence electrons. The van der Waals surface area contributed by atoms with Gasteiger partial charge in [0.2, 0.25) is 10.0 Å². The number of anilines is 1. The summed E-state index contributed by atoms with van der Waals surface area (Å²) in [6.07, 6.45) is 7.11. The van der Waals surface area contributed by atoms with Gasteiger partial charge in [-0.1, -0.05) is 18.9 Å². The molecule has 32 heavy (non-hydrogen) atoms. The number of nitrogens with zero attached hydrogens (tertiary/aromatic N) is 2. The third-order valence-electron chi connectivity index (χ3n) is 5.28. The number of hydrogen-bond acceptors (Lipinski definition) is 5. The third kappa shape index (κ3) is 5.33. The van der Waals surface area contributed by atoms with Crippen LogP contribution in [0.15, 0.2) is 78.0 Å². The number of rotatable bonds is 6. The lowest BCUT2D eigenvalue weighted by molar-refractivity contribution is 0.102. The Labute approximate surface area is 188 Å². The smallest absolute Gasteiger partial charge is 0.255 e. The van der Waals surface area contributed by atoms with E-state index in [0.29, 0.717) is 35.8 Å². The summed E-state index contributed by atoms with van der Waals surface area (Å²) in [7, 11) is -3.58. The van der Waals surface area contributed by atoms with Crippen molar-refractivity contribution in [2.45, 2.75) is 30.6 Å². The Morgan fingerprint density at radius 2 is 1.66 bits per heavy atom. The number of amides is 1. The number of carbonyl (C=O) groups is 1. The highest BCUT2D eigenvalue weighted by Crippen LogP contribution is 2.24. The Balaban J connectivity index is 1.44. The lowest BCUT2D eigenvalue weighted by Gasteiger charge is -2.20. The number of benzene rings is 2. The second-order valence-corrected chi connectivity index (χ2v) is 9.55. The van der Waals surface area contributed by atoms with Gasteiger partial charge in [-0.05, 0) is 67.4 Å². The molecule has 1 aliphatic heterocycles. The number of pyridine rings is 1. The topological polar surface area (TPSA) is 88.6 Å². The predicted molar refractivity (Wildman–Crippen MR) is 122 cm³/mol. The van der Waals surface area contributed by atoms with Gasteiger partial charge in [0.1, 0.15) is 11.5 Å². The maximum absolute atomic E-state index is 13.0. The Hall–Kier alpha value is -3.23. The number of hydrogen-bond donors (Lipinski definition) is 1. The number of nitrogens with one attached hydrogen (secondary N) is 1. The van der Waals surface area contributed by atoms with Gasteiger partial charge in [-0.3, -0.25) is 9.78 Å². The molecular weight excluding hydrogens is 426 g/mol. The molecule has 0 aliphatic carbocycles. The molecule has 7 nitrogen and oxygen atoms in total. The minimum atomic E-state index is -3.58. The Morgan fingerprint density at radius 3 is 2.34 bits per heavy atom. The van der Waals surface area contributed by atoms with E-state index in [9.17, 15) is 13.2 Å². The van der Waals surface area contributed by atoms with E-state index in [1.165, 1.54) is 6.07 Å². The fourth-order valence-electron chi connectivity index (χ4n) is 3.59. The van der Waals surface area contributed by atoms with Gasteiger partial charge < -0.3 is 10.1 Å². The maximum atomic E-state index is 13.0. The van der Waals surface area contributed by atoms with Crippen LogP contribution in [0, 0.1) is 0 Å². The second kappa shape index (κ2) is 9.93. The average molecular weight is 452 g/mol. The number of sulfonamides is 1. The highest BCUT2D eigenvalue weighted by molar-refractivity contribution is 7.89. The molecule has 2 aromatic carbocycles. The van der Waals surface area contributed by atoms with Crippen molar-refractivity contribution in [1.29, 1.82) is 0 Å². The molecule has 0 unspecified atom stereocenters. The molecule has 1 saturated heterocycles. The van der Waals surface area contributed by atoms with Crippen LogP contribution in [-0.2, 0) is 10.0 Å². The summed E-state index contributed by atoms with van der Waals surface area (Å²) in [6, 6.07) is 16.7. The fraction of sp³-hybridized carbons (Fsp3) is 0.250. The SMILES string of the molecule is O=C(Nc1cccc(S(=O)(=O)N2CCCCCC2)c1)c1ccc(Oc2cccnc2)cc1. The largest absolute Gasteiger partial charge is 0.456 e. The van der Waals surface area contributed by atoms with Crippen LogP contribution in [0.2, 0.25) is 0 Å². The Kier molecular flexibility index (Phi) is 6.82. The summed E-state index contributed by atoms with van der Waals surface area (Å²) in [4.78, 5) is 16.9. The van der Waals surface area contributed by atoms with Crippen molar-refractivity contribution in [3.8, 4) is 11.5 Å². The van der Waals surface area contributed by atoms with Crippen molar-refractivity contribution in [3.63, 3.8) is 0 Å². The van der Waals surface area contributed by atoms with E-state index in [1.54, 1.807) is 71.3 Å². The van der Waals surface area contributed by atoms with Crippen molar-refractivity contribution in [3.05, 3.63) is 78.6 Å². The van der Waals surface area contributed by atoms with E-state index in [1.807, 2.05) is 0 Å². The molecular formula is C24H25N3O4S. The van der Waals surface area contributed by atoms with E-state index in [4.69, 9.17) is 4.74 Å². The lowest BCUT2D eigenvalue weighted by atomic mass is 10.2. The van der Waals surface area contributed by atoms with E-state index in [0.717, 1.165) is 25.7 Å². The molecule has 0 bridgehead atoms. The van der Waals surface area contributed by atoms with E-state index in [2.05, 4.69) is 10.3 Å². The number of aromatic nitrogens is 1. The molecule has 0 spiro atoms. The number of carbonyl (C=O) groups excluding carboxylic acids is 1. The highest BCUT2D eigenvalue weighted by Gasteiger charge is 2.25. The first kappa shape index (κ1) is 22.0. The van der Waals surface area contributed by atoms with Gasteiger partial charge in [-0.25, -0.2) is 8.42 Å². The van der Waals surface area contributed by atoms with Crippen LogP contribution in [0.25, 0.3) is 0 Å². The molecule has 0 radical (unpaired) electrons. The van der Waals surface area contributed by atoms with Gasteiger partial charge >= 0.3 is 0 Å². The normalized spacial score (nSPS) is 15.0. The molecule has 1 amide bonds. The van der Waals surface area contributed by atoms with Gasteiger partial charge in [0.25, 0.3) is 5.91 Å². The molecule has 1 N–H and O–H groups in total. The summed E-state index contributed by atoms with van der Waals surface area (Å²) in [5.74, 6) is 0.856. The van der Waals surface area contributed by atoms with Crippen molar-refractivity contribution in [2.24, 2.45) is 0 Å². The maximum Gasteiger partial charge on any atom is 0.255 e. The Bertz CT molecular complexity index is 1160. The summed E-state index contributed by atoms with van der Waals surface area (Å²) in [6.45, 7) is 1.07. The molecule has 1 aromatic heterocycles. The van der Waals surface area contributed by atoms with Crippen LogP contribution in [0.3, 0.4) is 0 Å². The van der Waals surface area contributed by atoms with Crippen LogP contribution in [0.4, 0.5) is 5.69 Å². The summed E-state index contributed by atoms with van der Waals surface area (Å²) >= 11 is 0. The van der Waals surface area contributed by atoms with Crippen molar-refractivity contribution in [2.75, 3.05) is 18.4 Å². The van der Waals surface area contributed by atoms with E-state index < -0.39 is 10.0 Å². The first-order chi connectivity index (χ1) is 15.5. The standard InChI is InChI=1S/C24H25N3O4S/c28-24(19-10-12-21(13-11-19)31-22-8-6-14-25-18-22)26-20-7-5-9-23(17-20)32(29,30)27-15-3-1-2-4-16-27/h5-14,17-18H,1-4,15-16H2,(H,26,28). The zero-order valence-corrected chi connectivity index (χ0v) is 18.4. The van der Waals surface area contributed by atoms with Crippen LogP contribution in [0.1, 0.15) is 36.0 Å². The van der Waals surface area contributed by atoms with E-state index >= 15 is 0 Å². The van der Waals surface area contributed by atoms with Crippen LogP contribution >= 0.6 is 0 Å². The van der Waals surface area contributed by atoms with Gasteiger partial charge in [0.15, 0.2) is 0 Å². The molecule has 0 atom stereocenters. The van der Waals surface area contributed by atoms with Crippen LogP contribution in [0.5, 0.6) is 11.5 Å². The molecule has 2 heterocycles. The second-order valence-electron chi connectivity index (χ2n) is 7.62. The molecule has 1 fully saturated rings. The summed E-state index contributed by atoms with van der Waals surface area (Å²) in [5.41, 5.74) is 0.867. The summed E-state index contributed by atoms with van der Waals surface area (Å²) < 4.78 is 33.3. The predicted octanol–water partition coefficient (Wildman–Crippen LogP) is 4.69. The molecule has 8 heteroatoms. The highest BCUT2D eigenvalue weighted by atomic mass is 32.2. The van der Waals surface area contributed by atoms with Gasteiger partial charge in [0, 0.05) is 30.5 Å². The van der Waals surface area contributed by atoms with E-state index in [-0.39, 0.29) is 10.8 Å². The van der Waals surface area contributed by atoms with Gasteiger partial charge in [-0.2, -0.15) is 4.31 Å². The minimum absolute atomic E-state index is 0.192. The van der Waals surface area contributed by atoms with Crippen LogP contribution in [-0.4, -0.2) is 36.7 Å². The quantitative estimate of drug-likeness (QED) is 0.587. The molecule has 4 rings (SSSR count). The summed E-state index contributed by atoms with van der Waals surface area (Å²) in [5, 5.41) is 2.78. The average Bonchev–Trinajstić information content (AvgIpc) is 3.11. The monoisotopic (exact) mass is 451 g/mol. The fourth-order valence-corrected chi connectivity index (χ4v) is 5.15. The first-order valence-electron chi connectivity index (χ1n) is 10.6. The van der Waals surface area contributed by atoms with Crippen LogP contribution < -0.4 is 10.1 Å².